The third-order valence-electron chi connectivity index (χ3n) is 14.4. The molecule has 63 heavy (non-hydrogen) atoms. The van der Waals surface area contributed by atoms with Gasteiger partial charge in [0.1, 0.15) is 30.0 Å². The molecule has 4 heterocycles. The zero-order valence-electron chi connectivity index (χ0n) is 37.2. The minimum atomic E-state index is -0.865. The molecular formula is C47H60N8O8. The van der Waals surface area contributed by atoms with E-state index in [9.17, 15) is 19.2 Å². The highest BCUT2D eigenvalue weighted by molar-refractivity contribution is 6.04. The van der Waals surface area contributed by atoms with Gasteiger partial charge >= 0.3 is 12.2 Å². The van der Waals surface area contributed by atoms with Crippen molar-refractivity contribution in [3.05, 3.63) is 60.4 Å². The Labute approximate surface area is 368 Å². The van der Waals surface area contributed by atoms with E-state index >= 15 is 0 Å². The largest absolute Gasteiger partial charge is 0.453 e. The molecule has 336 valence electrons. The molecule has 2 saturated heterocycles. The van der Waals surface area contributed by atoms with E-state index in [1.807, 2.05) is 17.3 Å². The number of hydrogen-bond acceptors (Lipinski definition) is 11. The second-order valence-electron chi connectivity index (χ2n) is 17.6. The Morgan fingerprint density at radius 1 is 0.714 bits per heavy atom. The van der Waals surface area contributed by atoms with E-state index in [0.29, 0.717) is 24.3 Å². The summed E-state index contributed by atoms with van der Waals surface area (Å²) in [6, 6.07) is 12.7. The van der Waals surface area contributed by atoms with Crippen molar-refractivity contribution >= 4 is 24.4 Å². The Bertz CT molecular complexity index is 2310. The third kappa shape index (κ3) is 8.47. The van der Waals surface area contributed by atoms with E-state index in [1.54, 1.807) is 21.0 Å². The van der Waals surface area contributed by atoms with Gasteiger partial charge in [-0.25, -0.2) is 19.6 Å². The zero-order valence-corrected chi connectivity index (χ0v) is 37.2. The van der Waals surface area contributed by atoms with Gasteiger partial charge in [0.05, 0.1) is 62.3 Å². The first-order valence-electron chi connectivity index (χ1n) is 22.1. The van der Waals surface area contributed by atoms with E-state index < -0.39 is 30.4 Å². The molecule has 5 aliphatic rings. The third-order valence-corrected chi connectivity index (χ3v) is 14.4. The summed E-state index contributed by atoms with van der Waals surface area (Å²) < 4.78 is 19.5. The number of H-pyrrole nitrogens is 2. The number of imidazole rings is 2. The minimum Gasteiger partial charge on any atom is -0.453 e. The number of ether oxygens (including phenoxy) is 4. The number of rotatable bonds is 12. The second kappa shape index (κ2) is 18.6. The molecular weight excluding hydrogens is 805 g/mol. The number of hydrogen-bond donors (Lipinski definition) is 4. The van der Waals surface area contributed by atoms with Crippen molar-refractivity contribution < 1.29 is 38.1 Å². The number of amides is 3. The zero-order chi connectivity index (χ0) is 44.5. The molecule has 0 bridgehead atoms. The number of aromatic amines is 2. The van der Waals surface area contributed by atoms with Gasteiger partial charge in [0.2, 0.25) is 5.91 Å². The molecule has 3 aliphatic carbocycles. The Kier molecular flexibility index (Phi) is 13.0. The molecule has 4 fully saturated rings. The molecule has 2 saturated carbocycles. The van der Waals surface area contributed by atoms with E-state index in [0.717, 1.165) is 65.8 Å². The van der Waals surface area contributed by atoms with Crippen LogP contribution in [0.1, 0.15) is 88.9 Å². The molecule has 3 amide bonds. The maximum Gasteiger partial charge on any atom is 0.407 e. The summed E-state index contributed by atoms with van der Waals surface area (Å²) in [5.41, 5.74) is 9.18. The maximum absolute atomic E-state index is 14.2. The van der Waals surface area contributed by atoms with Crippen LogP contribution >= 0.6 is 0 Å². The van der Waals surface area contributed by atoms with Crippen LogP contribution in [-0.2, 0) is 28.5 Å². The Morgan fingerprint density at radius 3 is 1.78 bits per heavy atom. The topological polar surface area (TPSA) is 193 Å². The van der Waals surface area contributed by atoms with Gasteiger partial charge in [0, 0.05) is 37.4 Å². The van der Waals surface area contributed by atoms with Gasteiger partial charge in [-0.05, 0) is 106 Å². The van der Waals surface area contributed by atoms with Crippen molar-refractivity contribution in [2.75, 3.05) is 35.5 Å². The van der Waals surface area contributed by atoms with Gasteiger partial charge < -0.3 is 49.2 Å². The van der Waals surface area contributed by atoms with Crippen LogP contribution < -0.4 is 10.6 Å². The smallest absolute Gasteiger partial charge is 0.407 e. The van der Waals surface area contributed by atoms with Crippen molar-refractivity contribution in [1.82, 2.24) is 40.4 Å². The summed E-state index contributed by atoms with van der Waals surface area (Å²) in [5.74, 6) is 2.90. The number of alkyl carbamates (subject to hydrolysis) is 2. The van der Waals surface area contributed by atoms with Gasteiger partial charge in [-0.1, -0.05) is 37.1 Å². The van der Waals surface area contributed by atoms with Crippen LogP contribution in [0.2, 0.25) is 0 Å². The number of benzene rings is 2. The fourth-order valence-corrected chi connectivity index (χ4v) is 10.7. The van der Waals surface area contributed by atoms with Crippen LogP contribution in [0, 0.1) is 11.8 Å². The monoisotopic (exact) mass is 864 g/mol. The van der Waals surface area contributed by atoms with Crippen LogP contribution in [0.4, 0.5) is 9.59 Å². The molecule has 16 heteroatoms. The average molecular weight is 865 g/mol. The number of nitrogens with one attached hydrogen (secondary N) is 4. The van der Waals surface area contributed by atoms with Gasteiger partial charge in [0.15, 0.2) is 0 Å². The summed E-state index contributed by atoms with van der Waals surface area (Å²) in [7, 11) is 7.80. The van der Waals surface area contributed by atoms with Crippen LogP contribution in [0.15, 0.2) is 48.8 Å². The molecule has 16 nitrogen and oxygen atoms in total. The van der Waals surface area contributed by atoms with Crippen molar-refractivity contribution in [3.8, 4) is 44.8 Å². The van der Waals surface area contributed by atoms with E-state index in [2.05, 4.69) is 73.7 Å². The Balaban J connectivity index is 0.000000399. The van der Waals surface area contributed by atoms with E-state index in [1.165, 1.54) is 69.3 Å². The van der Waals surface area contributed by atoms with Crippen molar-refractivity contribution in [1.29, 1.82) is 0 Å². The summed E-state index contributed by atoms with van der Waals surface area (Å²) in [4.78, 5) is 68.9. The molecule has 2 aliphatic heterocycles. The first-order valence-corrected chi connectivity index (χ1v) is 22.1. The SMILES string of the molecule is COC(=O)NC(C(=O)N1C2CCCC2C[C@H]1c1ncc(-c2ccc3c(c2)-c2ccc(-c4cnc(C5C[C@@H]6CCCC6N5C)[nH]4)cc2-3)[nH]1)C(C)OC.COC(=O)NC(C=O)C(C)OC. The number of aromatic nitrogens is 4. The number of carbonyl (C=O) groups is 4. The second-order valence-corrected chi connectivity index (χ2v) is 17.6. The number of nitrogens with zero attached hydrogens (tertiary/aromatic N) is 4. The van der Waals surface area contributed by atoms with Crippen LogP contribution in [0.3, 0.4) is 0 Å². The fraction of sp³-hybridized carbons (Fsp3) is 0.532. The normalized spacial score (nSPS) is 24.9. The van der Waals surface area contributed by atoms with E-state index in [4.69, 9.17) is 24.2 Å². The predicted molar refractivity (Wildman–Crippen MR) is 235 cm³/mol. The number of likely N-dealkylation sites (tertiary alicyclic amines) is 2. The molecule has 2 aromatic heterocycles. The molecule has 2 aromatic carbocycles. The lowest BCUT2D eigenvalue weighted by molar-refractivity contribution is -0.140. The molecule has 0 radical (unpaired) electrons. The minimum absolute atomic E-state index is 0.108. The van der Waals surface area contributed by atoms with Crippen LogP contribution in [0.5, 0.6) is 0 Å². The molecule has 0 spiro atoms. The highest BCUT2D eigenvalue weighted by Crippen LogP contribution is 2.51. The summed E-state index contributed by atoms with van der Waals surface area (Å²) in [6.45, 7) is 3.46. The molecule has 10 atom stereocenters. The molecule has 8 unspecified atom stereocenters. The van der Waals surface area contributed by atoms with Gasteiger partial charge in [-0.15, -0.1) is 0 Å². The van der Waals surface area contributed by atoms with E-state index in [-0.39, 0.29) is 24.1 Å². The van der Waals surface area contributed by atoms with Crippen molar-refractivity contribution in [2.24, 2.45) is 11.8 Å². The summed E-state index contributed by atoms with van der Waals surface area (Å²) in [6.07, 6.45) is 11.5. The van der Waals surface area contributed by atoms with Crippen molar-refractivity contribution in [3.63, 3.8) is 0 Å². The molecule has 9 rings (SSSR count). The first-order chi connectivity index (χ1) is 30.5. The quantitative estimate of drug-likeness (QED) is 0.0964. The first kappa shape index (κ1) is 44.0. The average Bonchev–Trinajstić information content (AvgIpc) is 4.17. The summed E-state index contributed by atoms with van der Waals surface area (Å²) >= 11 is 0. The maximum atomic E-state index is 14.2. The standard InChI is InChI=1S/C40H47N7O4.C7H13NO4/c1-21(50-3)36(45-40(49)51-4)39(48)47-33-10-6-8-25(33)18-35(47)38-42-20-31(44-38)23-12-14-27-28-15-22(11-13-26(28)29(27)16-23)30-19-41-37(43-30)34-17-24-7-5-9-32(24)46(34)2;1-5(11-2)6(4-9)8-7(10)12-3/h11-16,19-21,24-25,32-36H,5-10,17-18H2,1-4H3,(H,41,43)(H,42,44)(H,45,49);4-6H,1-3H3,(H,8,10)/t21?,24-,25?,32?,33?,34?,35-,36?;/m0./s1. The van der Waals surface area contributed by atoms with Gasteiger partial charge in [-0.3, -0.25) is 9.69 Å². The molecule has 4 aromatic rings. The number of methoxy groups -OCH3 is 4. The predicted octanol–water partition coefficient (Wildman–Crippen LogP) is 6.81. The Hall–Kier alpha value is -5.58. The Morgan fingerprint density at radius 2 is 1.24 bits per heavy atom. The van der Waals surface area contributed by atoms with Crippen molar-refractivity contribution in [2.45, 2.75) is 114 Å². The van der Waals surface area contributed by atoms with Gasteiger partial charge in [0.25, 0.3) is 0 Å². The lowest BCUT2D eigenvalue weighted by Gasteiger charge is -2.34. The summed E-state index contributed by atoms with van der Waals surface area (Å²) in [5, 5.41) is 5.03. The fourth-order valence-electron chi connectivity index (χ4n) is 10.7. The number of carbonyl (C=O) groups excluding carboxylic acids is 4. The number of fused-ring (bicyclic) bond motifs is 6. The highest BCUT2D eigenvalue weighted by Gasteiger charge is 2.50. The highest BCUT2D eigenvalue weighted by atomic mass is 16.5. The lowest BCUT2D eigenvalue weighted by atomic mass is 9.78. The molecule has 4 N–H and O–H groups in total. The van der Waals surface area contributed by atoms with Gasteiger partial charge in [-0.2, -0.15) is 0 Å². The number of aldehydes is 1. The van der Waals surface area contributed by atoms with Crippen LogP contribution in [0.25, 0.3) is 44.8 Å². The van der Waals surface area contributed by atoms with Crippen LogP contribution in [-0.4, -0.2) is 126 Å². The lowest BCUT2D eigenvalue weighted by Crippen LogP contribution is -2.55.